The summed E-state index contributed by atoms with van der Waals surface area (Å²) >= 11 is 0. The standard InChI is InChI=1S/C17H22O2/c1-3-5-6-7-8-9-10-14-17(19)15-12-11-13-16(18)4-2/h4,8-10,14,16-19H,2-3,5-7H2,1H3. The molecule has 0 aliphatic carbocycles. The molecule has 2 atom stereocenters. The minimum Gasteiger partial charge on any atom is -0.377 e. The summed E-state index contributed by atoms with van der Waals surface area (Å²) in [5.41, 5.74) is 0. The lowest BCUT2D eigenvalue weighted by Gasteiger charge is -1.91. The first-order valence-electron chi connectivity index (χ1n) is 6.53. The van der Waals surface area contributed by atoms with Crippen molar-refractivity contribution >= 4 is 0 Å². The van der Waals surface area contributed by atoms with E-state index in [9.17, 15) is 5.11 Å². The van der Waals surface area contributed by atoms with Gasteiger partial charge in [0.1, 0.15) is 12.2 Å². The van der Waals surface area contributed by atoms with Crippen molar-refractivity contribution in [3.05, 3.63) is 37.0 Å². The topological polar surface area (TPSA) is 40.5 Å². The number of aliphatic hydroxyl groups is 2. The van der Waals surface area contributed by atoms with Crippen molar-refractivity contribution in [1.29, 1.82) is 0 Å². The molecular weight excluding hydrogens is 236 g/mol. The average Bonchev–Trinajstić information content (AvgIpc) is 2.42. The Labute approximate surface area is 116 Å². The molecular formula is C17H22O2. The number of rotatable bonds is 7. The van der Waals surface area contributed by atoms with Crippen molar-refractivity contribution in [2.75, 3.05) is 0 Å². The van der Waals surface area contributed by atoms with Gasteiger partial charge in [0.25, 0.3) is 0 Å². The third-order valence-electron chi connectivity index (χ3n) is 2.24. The molecule has 0 rings (SSSR count). The fraction of sp³-hybridized carbons (Fsp3) is 0.412. The molecule has 0 aromatic carbocycles. The van der Waals surface area contributed by atoms with Crippen LogP contribution in [0.1, 0.15) is 32.6 Å². The Hall–Kier alpha value is -1.74. The second-order valence-electron chi connectivity index (χ2n) is 3.97. The van der Waals surface area contributed by atoms with E-state index in [1.54, 1.807) is 12.2 Å². The summed E-state index contributed by atoms with van der Waals surface area (Å²) in [7, 11) is 0. The first kappa shape index (κ1) is 17.3. The van der Waals surface area contributed by atoms with Crippen LogP contribution >= 0.6 is 0 Å². The highest BCUT2D eigenvalue weighted by Gasteiger charge is 1.88. The maximum Gasteiger partial charge on any atom is 0.134 e. The number of hydrogen-bond donors (Lipinski definition) is 2. The third kappa shape index (κ3) is 12.5. The summed E-state index contributed by atoms with van der Waals surface area (Å²) < 4.78 is 0. The van der Waals surface area contributed by atoms with Crippen LogP contribution in [0.25, 0.3) is 0 Å². The Morgan fingerprint density at radius 2 is 1.74 bits per heavy atom. The summed E-state index contributed by atoms with van der Waals surface area (Å²) in [5, 5.41) is 18.5. The van der Waals surface area contributed by atoms with Gasteiger partial charge in [0.15, 0.2) is 0 Å². The van der Waals surface area contributed by atoms with Gasteiger partial charge in [0, 0.05) is 0 Å². The highest BCUT2D eigenvalue weighted by atomic mass is 16.3. The minimum atomic E-state index is -0.868. The monoisotopic (exact) mass is 258 g/mol. The highest BCUT2D eigenvalue weighted by molar-refractivity contribution is 5.31. The highest BCUT2D eigenvalue weighted by Crippen LogP contribution is 1.99. The first-order valence-corrected chi connectivity index (χ1v) is 6.53. The smallest absolute Gasteiger partial charge is 0.134 e. The largest absolute Gasteiger partial charge is 0.377 e. The lowest BCUT2D eigenvalue weighted by Crippen LogP contribution is -1.96. The van der Waals surface area contributed by atoms with Crippen LogP contribution in [-0.2, 0) is 0 Å². The van der Waals surface area contributed by atoms with E-state index >= 15 is 0 Å². The van der Waals surface area contributed by atoms with Gasteiger partial charge in [-0.25, -0.2) is 0 Å². The summed E-state index contributed by atoms with van der Waals surface area (Å²) in [6, 6.07) is 0. The Bertz CT molecular complexity index is 410. The maximum absolute atomic E-state index is 9.47. The number of aliphatic hydroxyl groups excluding tert-OH is 2. The van der Waals surface area contributed by atoms with Gasteiger partial charge in [-0.15, -0.1) is 0 Å². The molecule has 0 saturated carbocycles. The van der Waals surface area contributed by atoms with Crippen molar-refractivity contribution in [3.63, 3.8) is 0 Å². The molecule has 0 amide bonds. The Morgan fingerprint density at radius 1 is 1.05 bits per heavy atom. The fourth-order valence-electron chi connectivity index (χ4n) is 1.18. The van der Waals surface area contributed by atoms with E-state index in [1.807, 2.05) is 6.08 Å². The summed E-state index contributed by atoms with van der Waals surface area (Å²) in [6.07, 6.45) is 11.7. The van der Waals surface area contributed by atoms with Crippen LogP contribution < -0.4 is 0 Å². The van der Waals surface area contributed by atoms with E-state index in [4.69, 9.17) is 5.11 Å². The van der Waals surface area contributed by atoms with Crippen molar-refractivity contribution < 1.29 is 10.2 Å². The molecule has 0 spiro atoms. The van der Waals surface area contributed by atoms with Crippen molar-refractivity contribution in [1.82, 2.24) is 0 Å². The average molecular weight is 258 g/mol. The van der Waals surface area contributed by atoms with Crippen LogP contribution in [0.4, 0.5) is 0 Å². The molecule has 19 heavy (non-hydrogen) atoms. The van der Waals surface area contributed by atoms with Crippen LogP contribution in [0, 0.1) is 23.7 Å². The second kappa shape index (κ2) is 12.7. The predicted octanol–water partition coefficient (Wildman–Crippen LogP) is 2.59. The molecule has 0 aliphatic heterocycles. The third-order valence-corrected chi connectivity index (χ3v) is 2.24. The Balaban J connectivity index is 3.96. The van der Waals surface area contributed by atoms with Gasteiger partial charge < -0.3 is 10.2 Å². The molecule has 2 nitrogen and oxygen atoms in total. The van der Waals surface area contributed by atoms with Crippen molar-refractivity contribution in [2.45, 2.75) is 44.8 Å². The van der Waals surface area contributed by atoms with E-state index < -0.39 is 12.2 Å². The SMILES string of the molecule is C=CC(O)C#CC#CC(O)C=CC=CCCCCC. The molecule has 0 bridgehead atoms. The zero-order valence-corrected chi connectivity index (χ0v) is 11.5. The van der Waals surface area contributed by atoms with Crippen LogP contribution in [0.5, 0.6) is 0 Å². The lowest BCUT2D eigenvalue weighted by molar-refractivity contribution is 0.280. The molecule has 0 radical (unpaired) electrons. The fourth-order valence-corrected chi connectivity index (χ4v) is 1.18. The molecule has 102 valence electrons. The molecule has 0 heterocycles. The quantitative estimate of drug-likeness (QED) is 0.319. The molecule has 2 heteroatoms. The van der Waals surface area contributed by atoms with E-state index in [0.717, 1.165) is 6.42 Å². The van der Waals surface area contributed by atoms with E-state index in [1.165, 1.54) is 25.3 Å². The molecule has 0 aliphatic rings. The molecule has 0 aromatic rings. The Kier molecular flexibility index (Phi) is 11.5. The molecule has 0 aromatic heterocycles. The summed E-state index contributed by atoms with van der Waals surface area (Å²) in [4.78, 5) is 0. The Morgan fingerprint density at radius 3 is 2.37 bits per heavy atom. The first-order chi connectivity index (χ1) is 9.20. The van der Waals surface area contributed by atoms with Gasteiger partial charge in [0.05, 0.1) is 0 Å². The minimum absolute atomic E-state index is 0.838. The van der Waals surface area contributed by atoms with Crippen LogP contribution in [0.3, 0.4) is 0 Å². The predicted molar refractivity (Wildman–Crippen MR) is 80.2 cm³/mol. The van der Waals surface area contributed by atoms with Gasteiger partial charge in [-0.1, -0.05) is 62.5 Å². The van der Waals surface area contributed by atoms with Gasteiger partial charge in [-0.2, -0.15) is 0 Å². The van der Waals surface area contributed by atoms with E-state index in [-0.39, 0.29) is 0 Å². The van der Waals surface area contributed by atoms with E-state index in [0.29, 0.717) is 0 Å². The van der Waals surface area contributed by atoms with Crippen LogP contribution in [0.15, 0.2) is 37.0 Å². The van der Waals surface area contributed by atoms with Crippen molar-refractivity contribution in [3.8, 4) is 23.7 Å². The van der Waals surface area contributed by atoms with Crippen LogP contribution in [0.2, 0.25) is 0 Å². The molecule has 0 fully saturated rings. The number of unbranched alkanes of at least 4 members (excludes halogenated alkanes) is 3. The van der Waals surface area contributed by atoms with E-state index in [2.05, 4.69) is 43.3 Å². The molecule has 2 unspecified atom stereocenters. The van der Waals surface area contributed by atoms with Crippen molar-refractivity contribution in [2.24, 2.45) is 0 Å². The zero-order valence-electron chi connectivity index (χ0n) is 11.5. The maximum atomic E-state index is 9.47. The lowest BCUT2D eigenvalue weighted by atomic mass is 10.2. The summed E-state index contributed by atoms with van der Waals surface area (Å²) in [6.45, 7) is 5.56. The second-order valence-corrected chi connectivity index (χ2v) is 3.97. The normalized spacial score (nSPS) is 13.4. The molecule has 0 saturated heterocycles. The summed E-state index contributed by atoms with van der Waals surface area (Å²) in [5.74, 6) is 9.91. The zero-order chi connectivity index (χ0) is 14.3. The van der Waals surface area contributed by atoms with Gasteiger partial charge in [0.2, 0.25) is 0 Å². The van der Waals surface area contributed by atoms with Gasteiger partial charge in [-0.3, -0.25) is 0 Å². The van der Waals surface area contributed by atoms with Crippen LogP contribution in [-0.4, -0.2) is 22.4 Å². The number of allylic oxidation sites excluding steroid dienone is 3. The van der Waals surface area contributed by atoms with Gasteiger partial charge in [-0.05, 0) is 30.8 Å². The van der Waals surface area contributed by atoms with Gasteiger partial charge >= 0.3 is 0 Å². The number of hydrogen-bond acceptors (Lipinski definition) is 2. The molecule has 2 N–H and O–H groups in total.